The van der Waals surface area contributed by atoms with Gasteiger partial charge in [0.05, 0.1) is 4.90 Å². The van der Waals surface area contributed by atoms with Crippen molar-refractivity contribution in [3.8, 4) is 0 Å². The number of thiophene rings is 1. The summed E-state index contributed by atoms with van der Waals surface area (Å²) in [5.74, 6) is 0.151. The van der Waals surface area contributed by atoms with Crippen LogP contribution in [0.5, 0.6) is 0 Å². The quantitative estimate of drug-likeness (QED) is 0.840. The van der Waals surface area contributed by atoms with Crippen molar-refractivity contribution in [2.45, 2.75) is 36.6 Å². The Morgan fingerprint density at radius 3 is 2.48 bits per heavy atom. The van der Waals surface area contributed by atoms with E-state index in [9.17, 15) is 13.2 Å². The lowest BCUT2D eigenvalue weighted by Gasteiger charge is -2.32. The predicted molar refractivity (Wildman–Crippen MR) is 99.0 cm³/mol. The van der Waals surface area contributed by atoms with Gasteiger partial charge < -0.3 is 4.90 Å². The van der Waals surface area contributed by atoms with Crippen molar-refractivity contribution in [3.05, 3.63) is 52.7 Å². The van der Waals surface area contributed by atoms with Gasteiger partial charge in [-0.05, 0) is 42.8 Å². The van der Waals surface area contributed by atoms with Gasteiger partial charge in [-0.2, -0.15) is 0 Å². The van der Waals surface area contributed by atoms with Crippen LogP contribution in [0.15, 0.2) is 52.7 Å². The predicted octanol–water partition coefficient (Wildman–Crippen LogP) is 2.65. The van der Waals surface area contributed by atoms with Gasteiger partial charge in [-0.1, -0.05) is 24.3 Å². The number of sulfonamides is 1. The summed E-state index contributed by atoms with van der Waals surface area (Å²) in [6.45, 7) is 1.20. The molecule has 5 nitrogen and oxygen atoms in total. The lowest BCUT2D eigenvalue weighted by atomic mass is 10.1. The Hall–Kier alpha value is -1.70. The summed E-state index contributed by atoms with van der Waals surface area (Å²) in [4.78, 5) is 15.6. The molecule has 2 aromatic rings. The number of amides is 1. The van der Waals surface area contributed by atoms with Gasteiger partial charge in [0.25, 0.3) is 0 Å². The van der Waals surface area contributed by atoms with Gasteiger partial charge in [-0.25, -0.2) is 13.1 Å². The van der Waals surface area contributed by atoms with E-state index in [1.54, 1.807) is 41.7 Å². The molecule has 0 radical (unpaired) electrons. The average molecular weight is 379 g/mol. The van der Waals surface area contributed by atoms with E-state index >= 15 is 0 Å². The molecule has 1 amide bonds. The van der Waals surface area contributed by atoms with Gasteiger partial charge in [0.15, 0.2) is 0 Å². The first kappa shape index (κ1) is 18.1. The minimum atomic E-state index is -3.49. The van der Waals surface area contributed by atoms with Crippen LogP contribution in [-0.4, -0.2) is 38.4 Å². The van der Waals surface area contributed by atoms with Gasteiger partial charge >= 0.3 is 0 Å². The van der Waals surface area contributed by atoms with Crippen LogP contribution >= 0.6 is 11.3 Å². The topological polar surface area (TPSA) is 66.5 Å². The summed E-state index contributed by atoms with van der Waals surface area (Å²) in [5.41, 5.74) is 0. The number of piperidine rings is 1. The van der Waals surface area contributed by atoms with Crippen molar-refractivity contribution in [2.24, 2.45) is 0 Å². The molecule has 0 saturated carbocycles. The number of aryl methyl sites for hydroxylation is 1. The first-order valence-corrected chi connectivity index (χ1v) is 10.8. The van der Waals surface area contributed by atoms with Gasteiger partial charge in [-0.15, -0.1) is 11.3 Å². The van der Waals surface area contributed by atoms with Crippen molar-refractivity contribution in [2.75, 3.05) is 13.1 Å². The number of nitrogens with one attached hydrogen (secondary N) is 1. The highest BCUT2D eigenvalue weighted by Crippen LogP contribution is 2.17. The highest BCUT2D eigenvalue weighted by Gasteiger charge is 2.26. The monoisotopic (exact) mass is 378 g/mol. The van der Waals surface area contributed by atoms with E-state index in [0.29, 0.717) is 32.4 Å². The minimum Gasteiger partial charge on any atom is -0.343 e. The molecule has 0 atom stereocenters. The number of hydrogen-bond donors (Lipinski definition) is 1. The van der Waals surface area contributed by atoms with Crippen LogP contribution in [0.25, 0.3) is 0 Å². The van der Waals surface area contributed by atoms with E-state index in [4.69, 9.17) is 0 Å². The van der Waals surface area contributed by atoms with E-state index in [0.717, 1.165) is 6.42 Å². The van der Waals surface area contributed by atoms with E-state index in [1.165, 1.54) is 4.88 Å². The Bertz CT molecular complexity index is 781. The standard InChI is InChI=1S/C18H22N2O3S2/c21-18(9-8-16-5-4-14-24-16)20-12-10-15(11-13-20)19-25(22,23)17-6-2-1-3-7-17/h1-7,14-15,19H,8-13H2. The molecule has 0 aliphatic carbocycles. The van der Waals surface area contributed by atoms with Gasteiger partial charge in [0, 0.05) is 30.4 Å². The van der Waals surface area contributed by atoms with Crippen LogP contribution < -0.4 is 4.72 Å². The fourth-order valence-corrected chi connectivity index (χ4v) is 5.01. The Kier molecular flexibility index (Phi) is 5.88. The Labute approximate surface area is 152 Å². The van der Waals surface area contributed by atoms with Crippen LogP contribution in [0.3, 0.4) is 0 Å². The second kappa shape index (κ2) is 8.12. The minimum absolute atomic E-state index is 0.119. The van der Waals surface area contributed by atoms with Gasteiger partial charge in [0.2, 0.25) is 15.9 Å². The molecular weight excluding hydrogens is 356 g/mol. The summed E-state index contributed by atoms with van der Waals surface area (Å²) in [6.07, 6.45) is 2.59. The summed E-state index contributed by atoms with van der Waals surface area (Å²) < 4.78 is 27.5. The molecule has 2 heterocycles. The maximum atomic E-state index is 12.4. The summed E-state index contributed by atoms with van der Waals surface area (Å²) >= 11 is 1.67. The zero-order chi connectivity index (χ0) is 17.7. The molecular formula is C18H22N2O3S2. The molecule has 0 bridgehead atoms. The third kappa shape index (κ3) is 4.90. The number of likely N-dealkylation sites (tertiary alicyclic amines) is 1. The Balaban J connectivity index is 1.47. The second-order valence-electron chi connectivity index (χ2n) is 6.17. The molecule has 25 heavy (non-hydrogen) atoms. The molecule has 0 spiro atoms. The lowest BCUT2D eigenvalue weighted by Crippen LogP contribution is -2.46. The zero-order valence-electron chi connectivity index (χ0n) is 13.9. The van der Waals surface area contributed by atoms with Crippen molar-refractivity contribution >= 4 is 27.3 Å². The number of nitrogens with zero attached hydrogens (tertiary/aromatic N) is 1. The maximum Gasteiger partial charge on any atom is 0.240 e. The molecule has 3 rings (SSSR count). The molecule has 1 saturated heterocycles. The normalized spacial score (nSPS) is 16.1. The molecule has 1 aliphatic heterocycles. The van der Waals surface area contributed by atoms with E-state index in [2.05, 4.69) is 4.72 Å². The number of carbonyl (C=O) groups excluding carboxylic acids is 1. The van der Waals surface area contributed by atoms with Crippen LogP contribution in [0.4, 0.5) is 0 Å². The number of rotatable bonds is 6. The van der Waals surface area contributed by atoms with Crippen molar-refractivity contribution in [1.29, 1.82) is 0 Å². The Morgan fingerprint density at radius 1 is 1.12 bits per heavy atom. The highest BCUT2D eigenvalue weighted by molar-refractivity contribution is 7.89. The largest absolute Gasteiger partial charge is 0.343 e. The fraction of sp³-hybridized carbons (Fsp3) is 0.389. The summed E-state index contributed by atoms with van der Waals surface area (Å²) in [7, 11) is -3.49. The molecule has 1 aromatic carbocycles. The van der Waals surface area contributed by atoms with E-state index in [-0.39, 0.29) is 16.8 Å². The smallest absolute Gasteiger partial charge is 0.240 e. The third-order valence-corrected chi connectivity index (χ3v) is 6.86. The van der Waals surface area contributed by atoms with Crippen LogP contribution in [0.2, 0.25) is 0 Å². The Morgan fingerprint density at radius 2 is 1.84 bits per heavy atom. The second-order valence-corrected chi connectivity index (χ2v) is 8.91. The molecule has 1 aliphatic rings. The molecule has 1 fully saturated rings. The maximum absolute atomic E-state index is 12.4. The van der Waals surface area contributed by atoms with Crippen molar-refractivity contribution in [3.63, 3.8) is 0 Å². The number of benzene rings is 1. The molecule has 1 aromatic heterocycles. The first-order chi connectivity index (χ1) is 12.0. The van der Waals surface area contributed by atoms with Crippen LogP contribution in [0, 0.1) is 0 Å². The molecule has 1 N–H and O–H groups in total. The lowest BCUT2D eigenvalue weighted by molar-refractivity contribution is -0.132. The van der Waals surface area contributed by atoms with E-state index < -0.39 is 10.0 Å². The summed E-state index contributed by atoms with van der Waals surface area (Å²) in [5, 5.41) is 2.02. The van der Waals surface area contributed by atoms with Gasteiger partial charge in [0.1, 0.15) is 0 Å². The third-order valence-electron chi connectivity index (χ3n) is 4.39. The van der Waals surface area contributed by atoms with Crippen LogP contribution in [0.1, 0.15) is 24.1 Å². The average Bonchev–Trinajstić information content (AvgIpc) is 3.14. The zero-order valence-corrected chi connectivity index (χ0v) is 15.6. The number of hydrogen-bond acceptors (Lipinski definition) is 4. The van der Waals surface area contributed by atoms with Gasteiger partial charge in [-0.3, -0.25) is 4.79 Å². The number of carbonyl (C=O) groups is 1. The molecule has 0 unspecified atom stereocenters. The van der Waals surface area contributed by atoms with Crippen LogP contribution in [-0.2, 0) is 21.2 Å². The fourth-order valence-electron chi connectivity index (χ4n) is 2.98. The molecule has 7 heteroatoms. The SMILES string of the molecule is O=C(CCc1cccs1)N1CCC(NS(=O)(=O)c2ccccc2)CC1. The molecule has 134 valence electrons. The van der Waals surface area contributed by atoms with E-state index in [1.807, 2.05) is 22.4 Å². The van der Waals surface area contributed by atoms with Crippen molar-refractivity contribution < 1.29 is 13.2 Å². The van der Waals surface area contributed by atoms with Crippen molar-refractivity contribution in [1.82, 2.24) is 9.62 Å². The first-order valence-electron chi connectivity index (χ1n) is 8.42. The highest BCUT2D eigenvalue weighted by atomic mass is 32.2. The summed E-state index contributed by atoms with van der Waals surface area (Å²) in [6, 6.07) is 12.3.